The summed E-state index contributed by atoms with van der Waals surface area (Å²) in [5.74, 6) is 0.854. The molecule has 0 aliphatic rings. The molecule has 0 unspecified atom stereocenters. The molecule has 0 spiro atoms. The zero-order chi connectivity index (χ0) is 19.6. The van der Waals surface area contributed by atoms with E-state index in [4.69, 9.17) is 0 Å². The Morgan fingerprint density at radius 1 is 0.929 bits per heavy atom. The molecule has 2 aromatic carbocycles. The van der Waals surface area contributed by atoms with Crippen molar-refractivity contribution in [2.24, 2.45) is 4.99 Å². The number of nitrogens with one attached hydrogen (secondary N) is 2. The number of hydrogen-bond donors (Lipinski definition) is 2. The molecular weight excluding hydrogens is 346 g/mol. The summed E-state index contributed by atoms with van der Waals surface area (Å²) in [6.07, 6.45) is 5.14. The minimum Gasteiger partial charge on any atom is -0.356 e. The Morgan fingerprint density at radius 2 is 1.61 bits per heavy atom. The molecule has 0 amide bonds. The predicted molar refractivity (Wildman–Crippen MR) is 116 cm³/mol. The summed E-state index contributed by atoms with van der Waals surface area (Å²) in [5.41, 5.74) is 4.81. The number of aliphatic imine (C=N–C) groups is 1. The van der Waals surface area contributed by atoms with E-state index in [1.54, 1.807) is 0 Å². The van der Waals surface area contributed by atoms with Crippen molar-refractivity contribution < 1.29 is 0 Å². The summed E-state index contributed by atoms with van der Waals surface area (Å²) in [6, 6.07) is 20.7. The summed E-state index contributed by atoms with van der Waals surface area (Å²) < 4.78 is 1.96. The summed E-state index contributed by atoms with van der Waals surface area (Å²) in [6.45, 7) is 3.82. The van der Waals surface area contributed by atoms with Crippen LogP contribution < -0.4 is 10.6 Å². The quantitative estimate of drug-likeness (QED) is 0.360. The fraction of sp³-hybridized carbons (Fsp3) is 0.304. The molecule has 28 heavy (non-hydrogen) atoms. The molecule has 0 saturated heterocycles. The van der Waals surface area contributed by atoms with Crippen molar-refractivity contribution in [2.45, 2.75) is 26.2 Å². The fourth-order valence-corrected chi connectivity index (χ4v) is 3.13. The average molecular weight is 376 g/mol. The van der Waals surface area contributed by atoms with Gasteiger partial charge in [0.25, 0.3) is 0 Å². The van der Waals surface area contributed by atoms with Gasteiger partial charge in [-0.25, -0.2) is 4.68 Å². The Bertz CT molecular complexity index is 869. The summed E-state index contributed by atoms with van der Waals surface area (Å²) >= 11 is 0. The van der Waals surface area contributed by atoms with E-state index in [1.165, 1.54) is 11.1 Å². The third kappa shape index (κ3) is 5.71. The van der Waals surface area contributed by atoms with Gasteiger partial charge in [-0.3, -0.25) is 4.99 Å². The van der Waals surface area contributed by atoms with Gasteiger partial charge in [0.15, 0.2) is 5.96 Å². The van der Waals surface area contributed by atoms with Crippen LogP contribution in [-0.2, 0) is 12.8 Å². The Kier molecular flexibility index (Phi) is 7.24. The molecule has 0 radical (unpaired) electrons. The molecule has 0 aliphatic heterocycles. The fourth-order valence-electron chi connectivity index (χ4n) is 3.13. The summed E-state index contributed by atoms with van der Waals surface area (Å²) in [5, 5.41) is 11.4. The molecule has 146 valence electrons. The molecule has 5 nitrogen and oxygen atoms in total. The van der Waals surface area contributed by atoms with Gasteiger partial charge in [0.2, 0.25) is 0 Å². The maximum Gasteiger partial charge on any atom is 0.190 e. The number of hydrogen-bond acceptors (Lipinski definition) is 2. The van der Waals surface area contributed by atoms with Gasteiger partial charge in [-0.05, 0) is 49.4 Å². The van der Waals surface area contributed by atoms with Crippen LogP contribution in [0.5, 0.6) is 0 Å². The molecule has 0 atom stereocenters. The van der Waals surface area contributed by atoms with Crippen molar-refractivity contribution in [2.75, 3.05) is 20.1 Å². The Balaban J connectivity index is 1.40. The summed E-state index contributed by atoms with van der Waals surface area (Å²) in [4.78, 5) is 4.30. The van der Waals surface area contributed by atoms with Gasteiger partial charge in [-0.1, -0.05) is 48.5 Å². The van der Waals surface area contributed by atoms with Crippen LogP contribution in [0.3, 0.4) is 0 Å². The Labute approximate surface area is 167 Å². The lowest BCUT2D eigenvalue weighted by atomic mass is 10.1. The van der Waals surface area contributed by atoms with Crippen molar-refractivity contribution >= 4 is 5.96 Å². The van der Waals surface area contributed by atoms with Crippen molar-refractivity contribution in [3.8, 4) is 5.69 Å². The molecule has 2 N–H and O–H groups in total. The van der Waals surface area contributed by atoms with Crippen molar-refractivity contribution in [1.82, 2.24) is 20.4 Å². The second-order valence-corrected chi connectivity index (χ2v) is 6.78. The number of para-hydroxylation sites is 1. The lowest BCUT2D eigenvalue weighted by molar-refractivity contribution is 0.737. The maximum absolute atomic E-state index is 4.64. The zero-order valence-electron chi connectivity index (χ0n) is 16.7. The molecule has 5 heteroatoms. The molecule has 1 heterocycles. The Morgan fingerprint density at radius 3 is 2.32 bits per heavy atom. The molecular formula is C23H29N5. The van der Waals surface area contributed by atoms with E-state index < -0.39 is 0 Å². The molecule has 0 fully saturated rings. The van der Waals surface area contributed by atoms with Crippen LogP contribution in [0, 0.1) is 6.92 Å². The second-order valence-electron chi connectivity index (χ2n) is 6.78. The molecule has 0 saturated carbocycles. The highest BCUT2D eigenvalue weighted by Crippen LogP contribution is 2.13. The van der Waals surface area contributed by atoms with Crippen molar-refractivity contribution in [3.05, 3.63) is 83.7 Å². The molecule has 0 bridgehead atoms. The highest BCUT2D eigenvalue weighted by molar-refractivity contribution is 5.79. The number of benzene rings is 2. The van der Waals surface area contributed by atoms with Gasteiger partial charge >= 0.3 is 0 Å². The topological polar surface area (TPSA) is 54.2 Å². The maximum atomic E-state index is 4.64. The van der Waals surface area contributed by atoms with Gasteiger partial charge in [0.05, 0.1) is 11.4 Å². The largest absolute Gasteiger partial charge is 0.356 e. The molecule has 1 aromatic heterocycles. The minimum atomic E-state index is 0.854. The third-order valence-electron chi connectivity index (χ3n) is 4.71. The van der Waals surface area contributed by atoms with Gasteiger partial charge in [0.1, 0.15) is 0 Å². The van der Waals surface area contributed by atoms with Crippen LogP contribution in [-0.4, -0.2) is 35.9 Å². The third-order valence-corrected chi connectivity index (χ3v) is 4.71. The van der Waals surface area contributed by atoms with Crippen LogP contribution in [0.2, 0.25) is 0 Å². The molecule has 0 aliphatic carbocycles. The SMILES string of the molecule is CN=C(NCCCc1cn(-c2ccccc2)nc1C)NCCc1ccccc1. The van der Waals surface area contributed by atoms with E-state index in [1.807, 2.05) is 36.0 Å². The van der Waals surface area contributed by atoms with Gasteiger partial charge in [0, 0.05) is 26.3 Å². The van der Waals surface area contributed by atoms with Crippen LogP contribution in [0.15, 0.2) is 71.9 Å². The first-order valence-electron chi connectivity index (χ1n) is 9.85. The minimum absolute atomic E-state index is 0.854. The highest BCUT2D eigenvalue weighted by Gasteiger charge is 2.06. The second kappa shape index (κ2) is 10.3. The van der Waals surface area contributed by atoms with Gasteiger partial charge in [-0.15, -0.1) is 0 Å². The van der Waals surface area contributed by atoms with Crippen molar-refractivity contribution in [1.29, 1.82) is 0 Å². The average Bonchev–Trinajstić information content (AvgIpc) is 3.12. The van der Waals surface area contributed by atoms with Crippen LogP contribution >= 0.6 is 0 Å². The zero-order valence-corrected chi connectivity index (χ0v) is 16.7. The summed E-state index contributed by atoms with van der Waals surface area (Å²) in [7, 11) is 1.81. The first kappa shape index (κ1) is 19.7. The van der Waals surface area contributed by atoms with Crippen LogP contribution in [0.4, 0.5) is 0 Å². The highest BCUT2D eigenvalue weighted by atomic mass is 15.3. The van der Waals surface area contributed by atoms with E-state index in [2.05, 4.69) is 70.2 Å². The first-order valence-corrected chi connectivity index (χ1v) is 9.85. The molecule has 3 rings (SSSR count). The first-order chi connectivity index (χ1) is 13.8. The van der Waals surface area contributed by atoms with E-state index in [0.717, 1.165) is 49.7 Å². The van der Waals surface area contributed by atoms with E-state index in [0.29, 0.717) is 0 Å². The van der Waals surface area contributed by atoms with Crippen LogP contribution in [0.1, 0.15) is 23.2 Å². The Hall–Kier alpha value is -3.08. The lowest BCUT2D eigenvalue weighted by Crippen LogP contribution is -2.38. The lowest BCUT2D eigenvalue weighted by Gasteiger charge is -2.11. The molecule has 3 aromatic rings. The number of nitrogens with zero attached hydrogens (tertiary/aromatic N) is 3. The number of aryl methyl sites for hydroxylation is 2. The normalized spacial score (nSPS) is 11.4. The standard InChI is InChI=1S/C23H29N5/c1-19-21(18-28(27-19)22-13-7-4-8-14-22)12-9-16-25-23(24-2)26-17-15-20-10-5-3-6-11-20/h3-8,10-11,13-14,18H,9,12,15-17H2,1-2H3,(H2,24,25,26). The van der Waals surface area contributed by atoms with E-state index >= 15 is 0 Å². The number of rotatable bonds is 8. The van der Waals surface area contributed by atoms with Gasteiger partial charge < -0.3 is 10.6 Å². The van der Waals surface area contributed by atoms with Gasteiger partial charge in [-0.2, -0.15) is 5.10 Å². The monoisotopic (exact) mass is 375 g/mol. The smallest absolute Gasteiger partial charge is 0.190 e. The number of aromatic nitrogens is 2. The number of guanidine groups is 1. The van der Waals surface area contributed by atoms with E-state index in [-0.39, 0.29) is 0 Å². The van der Waals surface area contributed by atoms with Crippen molar-refractivity contribution in [3.63, 3.8) is 0 Å². The van der Waals surface area contributed by atoms with Crippen LogP contribution in [0.25, 0.3) is 5.69 Å². The van der Waals surface area contributed by atoms with E-state index in [9.17, 15) is 0 Å². The predicted octanol–water partition coefficient (Wildman–Crippen LogP) is 3.52.